The molecule has 38 heavy (non-hydrogen) atoms. The largest absolute Gasteiger partial charge is 0.351 e. The number of carbonyl (C=O) groups excluding carboxylic acids is 1. The normalized spacial score (nSPS) is 17.9. The van der Waals surface area contributed by atoms with Crippen LogP contribution in [0.4, 0.5) is 0 Å². The molecule has 1 aromatic carbocycles. The van der Waals surface area contributed by atoms with E-state index in [0.717, 1.165) is 33.5 Å². The van der Waals surface area contributed by atoms with Crippen LogP contribution in [0.3, 0.4) is 0 Å². The second-order valence-corrected chi connectivity index (χ2v) is 14.7. The number of aromatic nitrogens is 3. The fraction of sp³-hybridized carbons (Fsp3) is 0.533. The Kier molecular flexibility index (Phi) is 6.98. The van der Waals surface area contributed by atoms with Gasteiger partial charge in [-0.25, -0.2) is 0 Å². The van der Waals surface area contributed by atoms with Crippen molar-refractivity contribution in [2.45, 2.75) is 93.7 Å². The van der Waals surface area contributed by atoms with Gasteiger partial charge in [0, 0.05) is 32.0 Å². The second kappa shape index (κ2) is 9.30. The maximum atomic E-state index is 13.0. The highest BCUT2D eigenvalue weighted by Crippen LogP contribution is 2.51. The number of fused-ring (bicyclic) bond motifs is 3. The highest BCUT2D eigenvalue weighted by Gasteiger charge is 2.51. The van der Waals surface area contributed by atoms with Gasteiger partial charge in [-0.2, -0.15) is 0 Å². The van der Waals surface area contributed by atoms with Crippen LogP contribution in [0, 0.1) is 31.6 Å². The van der Waals surface area contributed by atoms with Crippen LogP contribution in [0.2, 0.25) is 5.02 Å². The zero-order chi connectivity index (χ0) is 28.4. The van der Waals surface area contributed by atoms with Gasteiger partial charge in [0.2, 0.25) is 5.91 Å². The summed E-state index contributed by atoms with van der Waals surface area (Å²) in [4.78, 5) is 19.8. The van der Waals surface area contributed by atoms with Crippen molar-refractivity contribution in [3.63, 3.8) is 0 Å². The SMILES string of the molecule is Cc1sc2c(c1C)C(c1ccc(Cl)cc1)=NC(C)(C(C)(C)CC(C)(C)NC(=O)C(C)(C)C)c1nnc(C)n1-2. The van der Waals surface area contributed by atoms with Crippen molar-refractivity contribution < 1.29 is 4.79 Å². The molecule has 8 heteroatoms. The summed E-state index contributed by atoms with van der Waals surface area (Å²) >= 11 is 8.02. The first-order valence-electron chi connectivity index (χ1n) is 13.1. The number of nitrogens with one attached hydrogen (secondary N) is 1. The molecule has 1 N–H and O–H groups in total. The molecule has 2 aromatic heterocycles. The number of benzene rings is 1. The van der Waals surface area contributed by atoms with Gasteiger partial charge in [-0.15, -0.1) is 21.5 Å². The number of nitrogens with zero attached hydrogens (tertiary/aromatic N) is 4. The van der Waals surface area contributed by atoms with E-state index in [1.165, 1.54) is 10.4 Å². The molecule has 6 nitrogen and oxygen atoms in total. The summed E-state index contributed by atoms with van der Waals surface area (Å²) in [5, 5.41) is 14.4. The molecule has 0 fully saturated rings. The lowest BCUT2D eigenvalue weighted by molar-refractivity contribution is -0.130. The van der Waals surface area contributed by atoms with E-state index >= 15 is 0 Å². The number of amides is 1. The summed E-state index contributed by atoms with van der Waals surface area (Å²) in [5.41, 5.74) is 2.12. The molecule has 0 spiro atoms. The number of thiophene rings is 1. The maximum absolute atomic E-state index is 13.0. The van der Waals surface area contributed by atoms with Crippen LogP contribution in [0.1, 0.15) is 95.0 Å². The van der Waals surface area contributed by atoms with E-state index in [2.05, 4.69) is 63.4 Å². The van der Waals surface area contributed by atoms with Crippen molar-refractivity contribution >= 4 is 34.6 Å². The molecule has 204 valence electrons. The Bertz CT molecular complexity index is 1420. The van der Waals surface area contributed by atoms with E-state index in [9.17, 15) is 4.79 Å². The van der Waals surface area contributed by atoms with Crippen molar-refractivity contribution in [1.29, 1.82) is 0 Å². The average Bonchev–Trinajstić information content (AvgIpc) is 3.26. The molecule has 0 radical (unpaired) electrons. The second-order valence-electron chi connectivity index (χ2n) is 13.1. The average molecular weight is 554 g/mol. The van der Waals surface area contributed by atoms with Gasteiger partial charge < -0.3 is 5.32 Å². The molecule has 0 aliphatic carbocycles. The summed E-state index contributed by atoms with van der Waals surface area (Å²) < 4.78 is 2.19. The van der Waals surface area contributed by atoms with E-state index in [-0.39, 0.29) is 5.91 Å². The fourth-order valence-corrected chi connectivity index (χ4v) is 6.72. The van der Waals surface area contributed by atoms with Crippen LogP contribution in [-0.2, 0) is 10.3 Å². The van der Waals surface area contributed by atoms with Crippen LogP contribution in [0.15, 0.2) is 29.3 Å². The Labute approximate surface area is 235 Å². The molecular weight excluding hydrogens is 514 g/mol. The minimum atomic E-state index is -0.758. The summed E-state index contributed by atoms with van der Waals surface area (Å²) in [6, 6.07) is 7.91. The number of hydrogen-bond acceptors (Lipinski definition) is 5. The van der Waals surface area contributed by atoms with Crippen molar-refractivity contribution in [2.75, 3.05) is 0 Å². The van der Waals surface area contributed by atoms with Crippen LogP contribution < -0.4 is 5.32 Å². The molecule has 1 unspecified atom stereocenters. The molecule has 1 atom stereocenters. The van der Waals surface area contributed by atoms with Crippen molar-refractivity contribution in [3.05, 3.63) is 62.5 Å². The predicted octanol–water partition coefficient (Wildman–Crippen LogP) is 7.33. The highest BCUT2D eigenvalue weighted by molar-refractivity contribution is 7.15. The van der Waals surface area contributed by atoms with Gasteiger partial charge in [0.15, 0.2) is 5.82 Å². The third kappa shape index (κ3) is 4.84. The van der Waals surface area contributed by atoms with Gasteiger partial charge in [0.05, 0.1) is 5.71 Å². The molecule has 1 amide bonds. The number of carbonyl (C=O) groups is 1. The van der Waals surface area contributed by atoms with E-state index < -0.39 is 21.9 Å². The van der Waals surface area contributed by atoms with Crippen molar-refractivity contribution in [3.8, 4) is 5.00 Å². The van der Waals surface area contributed by atoms with Crippen LogP contribution in [0.5, 0.6) is 0 Å². The maximum Gasteiger partial charge on any atom is 0.225 e. The molecule has 3 heterocycles. The van der Waals surface area contributed by atoms with E-state index in [4.69, 9.17) is 21.7 Å². The molecule has 3 aromatic rings. The Balaban J connectivity index is 1.95. The lowest BCUT2D eigenvalue weighted by Crippen LogP contribution is -2.53. The number of aryl methyl sites for hydroxylation is 2. The number of rotatable bonds is 5. The summed E-state index contributed by atoms with van der Waals surface area (Å²) in [5.74, 6) is 1.67. The fourth-order valence-electron chi connectivity index (χ4n) is 5.38. The minimum Gasteiger partial charge on any atom is -0.351 e. The quantitative estimate of drug-likeness (QED) is 0.359. The molecule has 4 rings (SSSR count). The number of halogens is 1. The topological polar surface area (TPSA) is 72.2 Å². The molecule has 1 aliphatic heterocycles. The first kappa shape index (κ1) is 28.5. The van der Waals surface area contributed by atoms with Gasteiger partial charge in [-0.1, -0.05) is 58.4 Å². The monoisotopic (exact) mass is 553 g/mol. The van der Waals surface area contributed by atoms with Gasteiger partial charge >= 0.3 is 0 Å². The van der Waals surface area contributed by atoms with Gasteiger partial charge in [-0.05, 0) is 71.1 Å². The van der Waals surface area contributed by atoms with E-state index in [0.29, 0.717) is 11.4 Å². The van der Waals surface area contributed by atoms with Gasteiger partial charge in [0.1, 0.15) is 16.4 Å². The lowest BCUT2D eigenvalue weighted by Gasteiger charge is -2.45. The molecule has 1 aliphatic rings. The van der Waals surface area contributed by atoms with E-state index in [1.54, 1.807) is 11.3 Å². The van der Waals surface area contributed by atoms with Gasteiger partial charge in [0.25, 0.3) is 0 Å². The highest BCUT2D eigenvalue weighted by atomic mass is 35.5. The zero-order valence-electron chi connectivity index (χ0n) is 24.5. The van der Waals surface area contributed by atoms with Crippen LogP contribution in [0.25, 0.3) is 5.00 Å². The molecular formula is C30H40ClN5OS. The van der Waals surface area contributed by atoms with E-state index in [1.807, 2.05) is 52.0 Å². The molecule has 0 saturated carbocycles. The van der Waals surface area contributed by atoms with Crippen molar-refractivity contribution in [1.82, 2.24) is 20.1 Å². The third-order valence-electron chi connectivity index (χ3n) is 7.85. The van der Waals surface area contributed by atoms with Crippen molar-refractivity contribution in [2.24, 2.45) is 15.8 Å². The summed E-state index contributed by atoms with van der Waals surface area (Å²) in [7, 11) is 0. The molecule has 0 bridgehead atoms. The predicted molar refractivity (Wildman–Crippen MR) is 158 cm³/mol. The summed E-state index contributed by atoms with van der Waals surface area (Å²) in [6.07, 6.45) is 0.674. The van der Waals surface area contributed by atoms with Crippen LogP contribution >= 0.6 is 22.9 Å². The van der Waals surface area contributed by atoms with Gasteiger partial charge in [-0.3, -0.25) is 14.4 Å². The Morgan fingerprint density at radius 1 is 1.03 bits per heavy atom. The Morgan fingerprint density at radius 3 is 2.21 bits per heavy atom. The Morgan fingerprint density at radius 2 is 1.63 bits per heavy atom. The smallest absolute Gasteiger partial charge is 0.225 e. The standard InChI is InChI=1S/C30H40ClN5OS/c1-17-18(2)38-24-22(17)23(20-12-14-21(31)15-13-20)32-30(11,25-35-34-19(3)36(24)25)28(7,8)16-29(9,10)33-26(37)27(4,5)6/h12-15H,16H2,1-11H3,(H,33,37). The zero-order valence-corrected chi connectivity index (χ0v) is 26.1. The third-order valence-corrected chi connectivity index (χ3v) is 9.30. The summed E-state index contributed by atoms with van der Waals surface area (Å²) in [6.45, 7) is 22.9. The lowest BCUT2D eigenvalue weighted by atomic mass is 9.66. The van der Waals surface area contributed by atoms with Crippen LogP contribution in [-0.4, -0.2) is 31.9 Å². The number of hydrogen-bond donors (Lipinski definition) is 1. The Hall–Kier alpha value is -2.51. The minimum absolute atomic E-state index is 0.0296. The molecule has 0 saturated heterocycles. The first-order chi connectivity index (χ1) is 17.4. The number of aliphatic imine (C=N–C) groups is 1. The first-order valence-corrected chi connectivity index (χ1v) is 14.3.